The molecule has 1 atom stereocenters. The summed E-state index contributed by atoms with van der Waals surface area (Å²) in [5.74, 6) is 2.09. The van der Waals surface area contributed by atoms with Crippen LogP contribution in [0.5, 0.6) is 5.75 Å². The molecule has 0 aromatic heterocycles. The van der Waals surface area contributed by atoms with Gasteiger partial charge in [0, 0.05) is 45.8 Å². The first-order valence-corrected chi connectivity index (χ1v) is 10.8. The maximum Gasteiger partial charge on any atom is 0.239 e. The average Bonchev–Trinajstić information content (AvgIpc) is 3.31. The number of methoxy groups -OCH3 is 1. The molecule has 8 heteroatoms. The Labute approximate surface area is 197 Å². The summed E-state index contributed by atoms with van der Waals surface area (Å²) < 4.78 is 5.22. The first kappa shape index (κ1) is 24.7. The second kappa shape index (κ2) is 12.3. The van der Waals surface area contributed by atoms with Crippen LogP contribution in [0.4, 0.5) is 0 Å². The number of carbonyl (C=O) groups is 1. The number of benzene rings is 1. The lowest BCUT2D eigenvalue weighted by atomic mass is 10.2. The number of carbonyl (C=O) groups excluding carboxylic acids is 1. The summed E-state index contributed by atoms with van der Waals surface area (Å²) >= 11 is 0. The monoisotopic (exact) mass is 529 g/mol. The molecule has 1 unspecified atom stereocenters. The fraction of sp³-hybridized carbons (Fsp3) is 0.636. The number of guanidine groups is 1. The highest BCUT2D eigenvalue weighted by Gasteiger charge is 2.30. The Morgan fingerprint density at radius 1 is 1.07 bits per heavy atom. The zero-order valence-corrected chi connectivity index (χ0v) is 20.8. The van der Waals surface area contributed by atoms with Gasteiger partial charge in [0.1, 0.15) is 5.75 Å². The van der Waals surface area contributed by atoms with Crippen molar-refractivity contribution >= 4 is 35.8 Å². The molecule has 0 aliphatic carbocycles. The molecule has 168 valence electrons. The summed E-state index contributed by atoms with van der Waals surface area (Å²) in [6.45, 7) is 11.0. The maximum absolute atomic E-state index is 12.7. The number of nitrogens with one attached hydrogen (secondary N) is 1. The molecule has 1 N–H and O–H groups in total. The van der Waals surface area contributed by atoms with E-state index in [1.54, 1.807) is 7.11 Å². The van der Waals surface area contributed by atoms with Crippen LogP contribution in [0.15, 0.2) is 29.3 Å². The van der Waals surface area contributed by atoms with Crippen molar-refractivity contribution < 1.29 is 9.53 Å². The molecule has 1 aromatic carbocycles. The van der Waals surface area contributed by atoms with Crippen LogP contribution < -0.4 is 10.1 Å². The smallest absolute Gasteiger partial charge is 0.239 e. The molecule has 30 heavy (non-hydrogen) atoms. The molecule has 2 fully saturated rings. The maximum atomic E-state index is 12.7. The fourth-order valence-electron chi connectivity index (χ4n) is 4.00. The molecule has 0 saturated carbocycles. The van der Waals surface area contributed by atoms with Crippen molar-refractivity contribution in [3.63, 3.8) is 0 Å². The van der Waals surface area contributed by atoms with Crippen molar-refractivity contribution in [2.24, 2.45) is 4.99 Å². The molecule has 0 spiro atoms. The third-order valence-corrected chi connectivity index (χ3v) is 5.84. The Bertz CT molecular complexity index is 683. The minimum absolute atomic E-state index is 0. The Morgan fingerprint density at radius 3 is 2.27 bits per heavy atom. The number of rotatable bonds is 6. The van der Waals surface area contributed by atoms with E-state index in [0.717, 1.165) is 75.9 Å². The largest absolute Gasteiger partial charge is 0.497 e. The van der Waals surface area contributed by atoms with Crippen LogP contribution in [0.3, 0.4) is 0 Å². The van der Waals surface area contributed by atoms with Crippen LogP contribution in [-0.4, -0.2) is 85.5 Å². The molecule has 3 rings (SSSR count). The van der Waals surface area contributed by atoms with Crippen molar-refractivity contribution in [1.82, 2.24) is 20.0 Å². The predicted molar refractivity (Wildman–Crippen MR) is 132 cm³/mol. The molecule has 2 aliphatic rings. The molecule has 1 aromatic rings. The first-order chi connectivity index (χ1) is 14.1. The molecular weight excluding hydrogens is 493 g/mol. The standard InChI is InChI=1S/C22H35N5O2.HI/c1-4-23-22(24-17-19-7-9-20(29-3)10-8-19)27-15-13-25(14-16-27)18(2)21(28)26-11-5-6-12-26;/h7-10,18H,4-6,11-17H2,1-3H3,(H,23,24);1H. The van der Waals surface area contributed by atoms with Gasteiger partial charge in [-0.25, -0.2) is 4.99 Å². The van der Waals surface area contributed by atoms with Crippen molar-refractivity contribution in [3.05, 3.63) is 29.8 Å². The Hall–Kier alpha value is -1.55. The molecule has 2 aliphatic heterocycles. The van der Waals surface area contributed by atoms with Crippen LogP contribution in [-0.2, 0) is 11.3 Å². The van der Waals surface area contributed by atoms with Gasteiger partial charge in [-0.3, -0.25) is 9.69 Å². The number of piperazine rings is 1. The van der Waals surface area contributed by atoms with Gasteiger partial charge in [-0.1, -0.05) is 12.1 Å². The number of likely N-dealkylation sites (tertiary alicyclic amines) is 1. The van der Waals surface area contributed by atoms with Crippen molar-refractivity contribution in [2.75, 3.05) is 52.9 Å². The van der Waals surface area contributed by atoms with Crippen LogP contribution in [0.1, 0.15) is 32.3 Å². The third-order valence-electron chi connectivity index (χ3n) is 5.84. The molecule has 1 amide bonds. The Balaban J connectivity index is 0.00000320. The van der Waals surface area contributed by atoms with E-state index in [1.807, 2.05) is 17.0 Å². The number of aliphatic imine (C=N–C) groups is 1. The number of halogens is 1. The van der Waals surface area contributed by atoms with Crippen molar-refractivity contribution in [1.29, 1.82) is 0 Å². The van der Waals surface area contributed by atoms with Gasteiger partial charge in [-0.05, 0) is 44.4 Å². The first-order valence-electron chi connectivity index (χ1n) is 10.8. The van der Waals surface area contributed by atoms with E-state index in [9.17, 15) is 4.79 Å². The Morgan fingerprint density at radius 2 is 1.70 bits per heavy atom. The van der Waals surface area contributed by atoms with Gasteiger partial charge < -0.3 is 19.9 Å². The van der Waals surface area contributed by atoms with Gasteiger partial charge in [0.25, 0.3) is 0 Å². The van der Waals surface area contributed by atoms with E-state index in [0.29, 0.717) is 6.54 Å². The third kappa shape index (κ3) is 6.47. The van der Waals surface area contributed by atoms with Gasteiger partial charge in [0.2, 0.25) is 5.91 Å². The highest BCUT2D eigenvalue weighted by molar-refractivity contribution is 14.0. The summed E-state index contributed by atoms with van der Waals surface area (Å²) in [6, 6.07) is 8.00. The minimum atomic E-state index is -0.0333. The highest BCUT2D eigenvalue weighted by atomic mass is 127. The van der Waals surface area contributed by atoms with Crippen molar-refractivity contribution in [3.8, 4) is 5.75 Å². The lowest BCUT2D eigenvalue weighted by molar-refractivity contribution is -0.135. The number of amides is 1. The van der Waals surface area contributed by atoms with Gasteiger partial charge >= 0.3 is 0 Å². The summed E-state index contributed by atoms with van der Waals surface area (Å²) in [7, 11) is 1.68. The zero-order valence-electron chi connectivity index (χ0n) is 18.5. The predicted octanol–water partition coefficient (Wildman–Crippen LogP) is 2.41. The highest BCUT2D eigenvalue weighted by Crippen LogP contribution is 2.15. The zero-order chi connectivity index (χ0) is 20.6. The van der Waals surface area contributed by atoms with Gasteiger partial charge in [-0.15, -0.1) is 24.0 Å². The normalized spacial score (nSPS) is 18.7. The lowest BCUT2D eigenvalue weighted by Crippen LogP contribution is -2.57. The second-order valence-electron chi connectivity index (χ2n) is 7.75. The molecule has 2 heterocycles. The number of ether oxygens (including phenoxy) is 1. The van der Waals surface area contributed by atoms with Gasteiger partial charge in [0.15, 0.2) is 5.96 Å². The number of nitrogens with zero attached hydrogens (tertiary/aromatic N) is 4. The molecule has 0 radical (unpaired) electrons. The van der Waals surface area contributed by atoms with Crippen LogP contribution in [0.2, 0.25) is 0 Å². The summed E-state index contributed by atoms with van der Waals surface area (Å²) in [6.07, 6.45) is 2.28. The number of hydrogen-bond acceptors (Lipinski definition) is 4. The lowest BCUT2D eigenvalue weighted by Gasteiger charge is -2.39. The van der Waals surface area contributed by atoms with Crippen LogP contribution in [0.25, 0.3) is 0 Å². The average molecular weight is 529 g/mol. The number of hydrogen-bond donors (Lipinski definition) is 1. The van der Waals surface area contributed by atoms with E-state index in [-0.39, 0.29) is 35.9 Å². The second-order valence-corrected chi connectivity index (χ2v) is 7.75. The van der Waals surface area contributed by atoms with Gasteiger partial charge in [0.05, 0.1) is 19.7 Å². The molecular formula is C22H36IN5O2. The topological polar surface area (TPSA) is 60.4 Å². The Kier molecular flexibility index (Phi) is 10.2. The summed E-state index contributed by atoms with van der Waals surface area (Å²) in [5.41, 5.74) is 1.16. The van der Waals surface area contributed by atoms with E-state index in [1.165, 1.54) is 0 Å². The molecule has 7 nitrogen and oxygen atoms in total. The molecule has 0 bridgehead atoms. The van der Waals surface area contributed by atoms with Gasteiger partial charge in [-0.2, -0.15) is 0 Å². The molecule has 2 saturated heterocycles. The quantitative estimate of drug-likeness (QED) is 0.349. The minimum Gasteiger partial charge on any atom is -0.497 e. The van der Waals surface area contributed by atoms with E-state index >= 15 is 0 Å². The SMILES string of the molecule is CCNC(=NCc1ccc(OC)cc1)N1CCN(C(C)C(=O)N2CCCC2)CC1.I. The van der Waals surface area contributed by atoms with E-state index in [4.69, 9.17) is 9.73 Å². The van der Waals surface area contributed by atoms with Crippen molar-refractivity contribution in [2.45, 2.75) is 39.3 Å². The summed E-state index contributed by atoms with van der Waals surface area (Å²) in [4.78, 5) is 24.2. The fourth-order valence-corrected chi connectivity index (χ4v) is 4.00. The van der Waals surface area contributed by atoms with E-state index in [2.05, 4.69) is 41.1 Å². The van der Waals surface area contributed by atoms with E-state index < -0.39 is 0 Å². The van der Waals surface area contributed by atoms with Crippen LogP contribution >= 0.6 is 24.0 Å². The van der Waals surface area contributed by atoms with Crippen LogP contribution in [0, 0.1) is 0 Å². The summed E-state index contributed by atoms with van der Waals surface area (Å²) in [5, 5.41) is 3.41.